The Kier molecular flexibility index (Phi) is 8.48. The lowest BCUT2D eigenvalue weighted by Gasteiger charge is -2.54. The molecule has 0 saturated heterocycles. The smallest absolute Gasteiger partial charge is 0.250 e. The molecule has 0 aliphatic heterocycles. The number of anilines is 1. The number of benzene rings is 2. The van der Waals surface area contributed by atoms with Crippen molar-refractivity contribution in [1.29, 1.82) is 0 Å². The number of para-hydroxylation sites is 1. The normalized spacial score (nSPS) is 24.4. The minimum Gasteiger partial charge on any atom is -0.378 e. The summed E-state index contributed by atoms with van der Waals surface area (Å²) in [5.41, 5.74) is 7.74. The zero-order valence-corrected chi connectivity index (χ0v) is 23.5. The quantitative estimate of drug-likeness (QED) is 0.420. The van der Waals surface area contributed by atoms with Crippen molar-refractivity contribution in [1.82, 2.24) is 9.80 Å². The van der Waals surface area contributed by atoms with E-state index in [0.29, 0.717) is 18.7 Å². The van der Waals surface area contributed by atoms with Gasteiger partial charge in [0.25, 0.3) is 5.91 Å². The van der Waals surface area contributed by atoms with Crippen LogP contribution < -0.4 is 10.6 Å². The molecule has 0 radical (unpaired) electrons. The summed E-state index contributed by atoms with van der Waals surface area (Å²) in [7, 11) is 8.11. The predicted molar refractivity (Wildman–Crippen MR) is 152 cm³/mol. The second-order valence-electron chi connectivity index (χ2n) is 11.5. The van der Waals surface area contributed by atoms with Gasteiger partial charge in [-0.2, -0.15) is 0 Å². The number of ether oxygens (including phenoxy) is 1. The molecule has 2 aliphatic rings. The summed E-state index contributed by atoms with van der Waals surface area (Å²) >= 11 is 0. The molecule has 206 valence electrons. The lowest BCUT2D eigenvalue weighted by Crippen LogP contribution is -2.61. The van der Waals surface area contributed by atoms with Crippen LogP contribution in [0.2, 0.25) is 0 Å². The van der Waals surface area contributed by atoms with Crippen LogP contribution in [-0.4, -0.2) is 74.6 Å². The molecule has 2 aliphatic carbocycles. The molecule has 0 heterocycles. The van der Waals surface area contributed by atoms with E-state index in [-0.39, 0.29) is 16.7 Å². The second-order valence-corrected chi connectivity index (χ2v) is 11.5. The number of methoxy groups -OCH3 is 1. The van der Waals surface area contributed by atoms with Gasteiger partial charge in [-0.3, -0.25) is 14.5 Å². The van der Waals surface area contributed by atoms with Crippen LogP contribution in [0.5, 0.6) is 0 Å². The number of primary amides is 1. The summed E-state index contributed by atoms with van der Waals surface area (Å²) in [5, 5.41) is 0. The lowest BCUT2D eigenvalue weighted by molar-refractivity contribution is -0.131. The lowest BCUT2D eigenvalue weighted by atomic mass is 9.67. The van der Waals surface area contributed by atoms with Gasteiger partial charge in [0.1, 0.15) is 0 Å². The predicted octanol–water partition coefficient (Wildman–Crippen LogP) is 4.41. The number of hydrogen-bond acceptors (Lipinski definition) is 5. The molecule has 2 amide bonds. The average molecular weight is 521 g/mol. The topological polar surface area (TPSA) is 79.1 Å². The van der Waals surface area contributed by atoms with Crippen molar-refractivity contribution in [2.45, 2.75) is 68.0 Å². The molecule has 0 unspecified atom stereocenters. The van der Waals surface area contributed by atoms with Gasteiger partial charge >= 0.3 is 0 Å². The number of nitrogens with zero attached hydrogens (tertiary/aromatic N) is 3. The molecule has 0 atom stereocenters. The maximum Gasteiger partial charge on any atom is 0.250 e. The molecule has 7 nitrogen and oxygen atoms in total. The van der Waals surface area contributed by atoms with Crippen LogP contribution in [0.15, 0.2) is 54.6 Å². The maximum absolute atomic E-state index is 12.8. The Bertz CT molecular complexity index is 1090. The largest absolute Gasteiger partial charge is 0.378 e. The molecule has 4 rings (SSSR count). The van der Waals surface area contributed by atoms with Crippen molar-refractivity contribution >= 4 is 18.0 Å². The highest BCUT2D eigenvalue weighted by Gasteiger charge is 2.49. The monoisotopic (exact) mass is 520 g/mol. The van der Waals surface area contributed by atoms with E-state index < -0.39 is 5.91 Å². The van der Waals surface area contributed by atoms with Crippen LogP contribution in [0.25, 0.3) is 0 Å². The van der Waals surface area contributed by atoms with Crippen LogP contribution in [-0.2, 0) is 15.1 Å². The molecule has 2 fully saturated rings. The zero-order chi connectivity index (χ0) is 27.4. The molecule has 0 bridgehead atoms. The van der Waals surface area contributed by atoms with Crippen molar-refractivity contribution < 1.29 is 14.3 Å². The van der Waals surface area contributed by atoms with E-state index in [1.807, 2.05) is 30.1 Å². The van der Waals surface area contributed by atoms with Crippen LogP contribution >= 0.6 is 0 Å². The highest BCUT2D eigenvalue weighted by molar-refractivity contribution is 5.98. The van der Waals surface area contributed by atoms with Crippen LogP contribution in [0, 0.1) is 0 Å². The molecule has 2 N–H and O–H groups in total. The van der Waals surface area contributed by atoms with Gasteiger partial charge in [0.15, 0.2) is 0 Å². The fourth-order valence-corrected chi connectivity index (χ4v) is 6.80. The van der Waals surface area contributed by atoms with Gasteiger partial charge in [0, 0.05) is 38.5 Å². The fourth-order valence-electron chi connectivity index (χ4n) is 6.80. The van der Waals surface area contributed by atoms with Gasteiger partial charge < -0.3 is 20.3 Å². The third-order valence-corrected chi connectivity index (χ3v) is 9.53. The summed E-state index contributed by atoms with van der Waals surface area (Å²) < 4.78 is 5.89. The first-order valence-electron chi connectivity index (χ1n) is 13.8. The molecule has 0 spiro atoms. The van der Waals surface area contributed by atoms with Gasteiger partial charge in [-0.05, 0) is 83.2 Å². The van der Waals surface area contributed by atoms with Crippen LogP contribution in [0.3, 0.4) is 0 Å². The summed E-state index contributed by atoms with van der Waals surface area (Å²) in [6.45, 7) is 1.28. The molecule has 7 heteroatoms. The number of carbonyl (C=O) groups is 2. The standard InChI is InChI=1S/C31H44N4O3/c1-33(2)31(25-11-6-5-7-12-25)19-17-29(18-20-31,35(24-36)22-21-30(38-4)15-10-16-30)23-34(3)27-14-9-8-13-26(27)28(32)37/h5-9,11-14,24H,10,15-23H2,1-4H3,(H2,32,37). The summed E-state index contributed by atoms with van der Waals surface area (Å²) in [5.74, 6) is -0.444. The first-order chi connectivity index (χ1) is 18.2. The van der Waals surface area contributed by atoms with E-state index in [1.165, 1.54) is 12.0 Å². The third-order valence-electron chi connectivity index (χ3n) is 9.53. The van der Waals surface area contributed by atoms with Crippen molar-refractivity contribution in [2.24, 2.45) is 5.73 Å². The molecular formula is C31H44N4O3. The van der Waals surface area contributed by atoms with E-state index in [9.17, 15) is 9.59 Å². The number of nitrogens with two attached hydrogens (primary N) is 1. The van der Waals surface area contributed by atoms with Crippen molar-refractivity contribution in [3.8, 4) is 0 Å². The molecule has 2 aromatic carbocycles. The Labute approximate surface area is 227 Å². The molecule has 38 heavy (non-hydrogen) atoms. The highest BCUT2D eigenvalue weighted by atomic mass is 16.5. The van der Waals surface area contributed by atoms with Gasteiger partial charge in [0.2, 0.25) is 6.41 Å². The minimum absolute atomic E-state index is 0.0925. The first-order valence-corrected chi connectivity index (χ1v) is 13.8. The Hall–Kier alpha value is -2.90. The summed E-state index contributed by atoms with van der Waals surface area (Å²) in [6, 6.07) is 18.2. The number of amides is 2. The van der Waals surface area contributed by atoms with Gasteiger partial charge in [-0.15, -0.1) is 0 Å². The Balaban J connectivity index is 1.66. The third kappa shape index (κ3) is 5.32. The van der Waals surface area contributed by atoms with E-state index in [4.69, 9.17) is 10.5 Å². The van der Waals surface area contributed by atoms with Crippen LogP contribution in [0.1, 0.15) is 67.3 Å². The molecular weight excluding hydrogens is 476 g/mol. The number of rotatable bonds is 12. The van der Waals surface area contributed by atoms with Crippen molar-refractivity contribution in [2.75, 3.05) is 46.2 Å². The minimum atomic E-state index is -0.444. The van der Waals surface area contributed by atoms with E-state index in [1.54, 1.807) is 13.2 Å². The summed E-state index contributed by atoms with van der Waals surface area (Å²) in [6.07, 6.45) is 8.70. The Morgan fingerprint density at radius 3 is 2.11 bits per heavy atom. The Morgan fingerprint density at radius 1 is 0.947 bits per heavy atom. The Morgan fingerprint density at radius 2 is 1.58 bits per heavy atom. The van der Waals surface area contributed by atoms with E-state index >= 15 is 0 Å². The first kappa shape index (κ1) is 28.1. The van der Waals surface area contributed by atoms with Gasteiger partial charge in [-0.25, -0.2) is 0 Å². The highest BCUT2D eigenvalue weighted by Crippen LogP contribution is 2.47. The molecule has 2 saturated carbocycles. The molecule has 0 aromatic heterocycles. The van der Waals surface area contributed by atoms with Gasteiger partial charge in [-0.1, -0.05) is 42.5 Å². The van der Waals surface area contributed by atoms with E-state index in [2.05, 4.69) is 54.2 Å². The average Bonchev–Trinajstić information content (AvgIpc) is 2.91. The zero-order valence-electron chi connectivity index (χ0n) is 23.5. The number of likely N-dealkylation sites (N-methyl/N-ethyl adjacent to an activating group) is 1. The fraction of sp³-hybridized carbons (Fsp3) is 0.548. The van der Waals surface area contributed by atoms with Gasteiger partial charge in [0.05, 0.1) is 16.7 Å². The van der Waals surface area contributed by atoms with Crippen molar-refractivity contribution in [3.63, 3.8) is 0 Å². The number of carbonyl (C=O) groups excluding carboxylic acids is 2. The number of hydrogen-bond donors (Lipinski definition) is 1. The van der Waals surface area contributed by atoms with E-state index in [0.717, 1.165) is 57.0 Å². The van der Waals surface area contributed by atoms with Crippen LogP contribution in [0.4, 0.5) is 5.69 Å². The maximum atomic E-state index is 12.8. The SMILES string of the molecule is COC1(CCN(C=O)C2(CN(C)c3ccccc3C(N)=O)CCC(c3ccccc3)(N(C)C)CC2)CCC1. The van der Waals surface area contributed by atoms with Crippen molar-refractivity contribution in [3.05, 3.63) is 65.7 Å². The molecule has 2 aromatic rings. The second kappa shape index (κ2) is 11.5. The summed E-state index contributed by atoms with van der Waals surface area (Å²) in [4.78, 5) is 31.5.